The van der Waals surface area contributed by atoms with Crippen molar-refractivity contribution in [3.8, 4) is 0 Å². The van der Waals surface area contributed by atoms with Crippen molar-refractivity contribution in [1.29, 1.82) is 0 Å². The van der Waals surface area contributed by atoms with Gasteiger partial charge in [0.2, 0.25) is 0 Å². The summed E-state index contributed by atoms with van der Waals surface area (Å²) in [4.78, 5) is 8.56. The molecule has 0 atom stereocenters. The van der Waals surface area contributed by atoms with E-state index in [0.29, 0.717) is 10.3 Å². The zero-order chi connectivity index (χ0) is 10.8. The number of aromatic nitrogens is 4. The SMILES string of the molecule is CCCn1ncc2c(Cl)nc(SC)nc21. The van der Waals surface area contributed by atoms with Gasteiger partial charge in [0, 0.05) is 6.54 Å². The molecule has 80 valence electrons. The van der Waals surface area contributed by atoms with Crippen LogP contribution in [0, 0.1) is 0 Å². The zero-order valence-corrected chi connectivity index (χ0v) is 10.1. The molecule has 0 radical (unpaired) electrons. The minimum atomic E-state index is 0.478. The third-order valence-electron chi connectivity index (χ3n) is 2.05. The van der Waals surface area contributed by atoms with Crippen LogP contribution < -0.4 is 0 Å². The van der Waals surface area contributed by atoms with Gasteiger partial charge in [-0.05, 0) is 12.7 Å². The molecule has 2 aromatic heterocycles. The van der Waals surface area contributed by atoms with Crippen LogP contribution in [0.25, 0.3) is 11.0 Å². The lowest BCUT2D eigenvalue weighted by molar-refractivity contribution is 0.615. The molecular weight excluding hydrogens is 232 g/mol. The second kappa shape index (κ2) is 4.37. The van der Waals surface area contributed by atoms with Crippen LogP contribution in [0.5, 0.6) is 0 Å². The minimum absolute atomic E-state index is 0.478. The number of hydrogen-bond donors (Lipinski definition) is 0. The summed E-state index contributed by atoms with van der Waals surface area (Å²) in [6, 6.07) is 0. The predicted octanol–water partition coefficient (Wildman–Crippen LogP) is 2.61. The van der Waals surface area contributed by atoms with Crippen LogP contribution in [0.2, 0.25) is 5.15 Å². The first kappa shape index (κ1) is 10.7. The summed E-state index contributed by atoms with van der Waals surface area (Å²) >= 11 is 7.52. The number of halogens is 1. The highest BCUT2D eigenvalue weighted by Crippen LogP contribution is 2.22. The molecule has 15 heavy (non-hydrogen) atoms. The van der Waals surface area contributed by atoms with Gasteiger partial charge in [0.25, 0.3) is 0 Å². The average molecular weight is 243 g/mol. The molecule has 0 aliphatic heterocycles. The number of rotatable bonds is 3. The topological polar surface area (TPSA) is 43.6 Å². The maximum Gasteiger partial charge on any atom is 0.190 e. The summed E-state index contributed by atoms with van der Waals surface area (Å²) in [5.41, 5.74) is 0.821. The van der Waals surface area contributed by atoms with Gasteiger partial charge < -0.3 is 0 Å². The molecular formula is C9H11ClN4S. The van der Waals surface area contributed by atoms with Crippen LogP contribution >= 0.6 is 23.4 Å². The van der Waals surface area contributed by atoms with Gasteiger partial charge in [0.1, 0.15) is 5.15 Å². The van der Waals surface area contributed by atoms with Gasteiger partial charge in [-0.3, -0.25) is 0 Å². The average Bonchev–Trinajstić information content (AvgIpc) is 2.63. The Morgan fingerprint density at radius 2 is 2.27 bits per heavy atom. The molecule has 0 spiro atoms. The Kier molecular flexibility index (Phi) is 3.11. The molecule has 0 bridgehead atoms. The second-order valence-electron chi connectivity index (χ2n) is 3.11. The third kappa shape index (κ3) is 1.94. The number of nitrogens with zero attached hydrogens (tertiary/aromatic N) is 4. The molecule has 2 rings (SSSR count). The molecule has 0 unspecified atom stereocenters. The fourth-order valence-corrected chi connectivity index (χ4v) is 1.99. The van der Waals surface area contributed by atoms with E-state index in [-0.39, 0.29) is 0 Å². The Bertz CT molecular complexity index is 482. The highest BCUT2D eigenvalue weighted by Gasteiger charge is 2.10. The molecule has 0 amide bonds. The fraction of sp³-hybridized carbons (Fsp3) is 0.444. The van der Waals surface area contributed by atoms with Crippen LogP contribution in [0.4, 0.5) is 0 Å². The molecule has 2 heterocycles. The van der Waals surface area contributed by atoms with Gasteiger partial charge in [0.15, 0.2) is 10.8 Å². The Morgan fingerprint density at radius 3 is 2.93 bits per heavy atom. The van der Waals surface area contributed by atoms with Crippen molar-refractivity contribution in [1.82, 2.24) is 19.7 Å². The largest absolute Gasteiger partial charge is 0.247 e. The third-order valence-corrected chi connectivity index (χ3v) is 2.88. The quantitative estimate of drug-likeness (QED) is 0.472. The number of hydrogen-bond acceptors (Lipinski definition) is 4. The standard InChI is InChI=1S/C9H11ClN4S/c1-3-4-14-8-6(5-11-14)7(10)12-9(13-8)15-2/h5H,3-4H2,1-2H3. The molecule has 2 aromatic rings. The van der Waals surface area contributed by atoms with Crippen LogP contribution in [0.1, 0.15) is 13.3 Å². The Balaban J connectivity index is 2.61. The minimum Gasteiger partial charge on any atom is -0.247 e. The number of fused-ring (bicyclic) bond motifs is 1. The Labute approximate surface area is 97.0 Å². The van der Waals surface area contributed by atoms with Crippen LogP contribution in [0.15, 0.2) is 11.4 Å². The summed E-state index contributed by atoms with van der Waals surface area (Å²) < 4.78 is 1.86. The van der Waals surface area contributed by atoms with Gasteiger partial charge >= 0.3 is 0 Å². The van der Waals surface area contributed by atoms with E-state index in [2.05, 4.69) is 22.0 Å². The van der Waals surface area contributed by atoms with E-state index in [1.165, 1.54) is 11.8 Å². The summed E-state index contributed by atoms with van der Waals surface area (Å²) in [7, 11) is 0. The van der Waals surface area contributed by atoms with Crippen molar-refractivity contribution in [3.63, 3.8) is 0 Å². The zero-order valence-electron chi connectivity index (χ0n) is 8.57. The number of thioether (sulfide) groups is 1. The smallest absolute Gasteiger partial charge is 0.190 e. The van der Waals surface area contributed by atoms with Crippen molar-refractivity contribution in [3.05, 3.63) is 11.3 Å². The van der Waals surface area contributed by atoms with Gasteiger partial charge in [-0.2, -0.15) is 5.10 Å². The lowest BCUT2D eigenvalue weighted by Gasteiger charge is -2.01. The van der Waals surface area contributed by atoms with E-state index in [4.69, 9.17) is 11.6 Å². The van der Waals surface area contributed by atoms with Gasteiger partial charge in [-0.25, -0.2) is 14.6 Å². The predicted molar refractivity (Wildman–Crippen MR) is 62.4 cm³/mol. The van der Waals surface area contributed by atoms with E-state index in [1.54, 1.807) is 6.20 Å². The van der Waals surface area contributed by atoms with E-state index in [9.17, 15) is 0 Å². The normalized spacial score (nSPS) is 11.1. The fourth-order valence-electron chi connectivity index (χ4n) is 1.37. The van der Waals surface area contributed by atoms with Crippen LogP contribution in [-0.2, 0) is 6.54 Å². The maximum absolute atomic E-state index is 6.04. The summed E-state index contributed by atoms with van der Waals surface area (Å²) in [5.74, 6) is 0. The van der Waals surface area contributed by atoms with Crippen molar-refractivity contribution in [2.75, 3.05) is 6.26 Å². The monoisotopic (exact) mass is 242 g/mol. The maximum atomic E-state index is 6.04. The second-order valence-corrected chi connectivity index (χ2v) is 4.24. The molecule has 4 nitrogen and oxygen atoms in total. The first-order chi connectivity index (χ1) is 7.26. The molecule has 0 aromatic carbocycles. The van der Waals surface area contributed by atoms with E-state index in [0.717, 1.165) is 24.0 Å². The molecule has 0 aliphatic carbocycles. The van der Waals surface area contributed by atoms with E-state index in [1.807, 2.05) is 10.9 Å². The Hall–Kier alpha value is -0.810. The van der Waals surface area contributed by atoms with Gasteiger partial charge in [0.05, 0.1) is 11.6 Å². The highest BCUT2D eigenvalue weighted by atomic mass is 35.5. The molecule has 0 N–H and O–H groups in total. The molecule has 0 saturated carbocycles. The lowest BCUT2D eigenvalue weighted by atomic mass is 10.4. The van der Waals surface area contributed by atoms with E-state index < -0.39 is 0 Å². The molecule has 0 aliphatic rings. The first-order valence-corrected chi connectivity index (χ1v) is 6.29. The first-order valence-electron chi connectivity index (χ1n) is 4.69. The van der Waals surface area contributed by atoms with Crippen molar-refractivity contribution in [2.24, 2.45) is 0 Å². The lowest BCUT2D eigenvalue weighted by Crippen LogP contribution is -2.00. The van der Waals surface area contributed by atoms with Crippen molar-refractivity contribution in [2.45, 2.75) is 25.0 Å². The van der Waals surface area contributed by atoms with Crippen molar-refractivity contribution < 1.29 is 0 Å². The molecule has 6 heteroatoms. The van der Waals surface area contributed by atoms with Crippen molar-refractivity contribution >= 4 is 34.4 Å². The van der Waals surface area contributed by atoms with Crippen LogP contribution in [0.3, 0.4) is 0 Å². The van der Waals surface area contributed by atoms with Gasteiger partial charge in [-0.1, -0.05) is 30.3 Å². The number of aryl methyl sites for hydroxylation is 1. The summed E-state index contributed by atoms with van der Waals surface area (Å²) in [6.07, 6.45) is 4.67. The summed E-state index contributed by atoms with van der Waals surface area (Å²) in [5, 5.41) is 6.23. The summed E-state index contributed by atoms with van der Waals surface area (Å²) in [6.45, 7) is 2.95. The molecule has 0 saturated heterocycles. The Morgan fingerprint density at radius 1 is 1.47 bits per heavy atom. The van der Waals surface area contributed by atoms with Crippen LogP contribution in [-0.4, -0.2) is 26.0 Å². The highest BCUT2D eigenvalue weighted by molar-refractivity contribution is 7.98. The van der Waals surface area contributed by atoms with Gasteiger partial charge in [-0.15, -0.1) is 0 Å². The van der Waals surface area contributed by atoms with E-state index >= 15 is 0 Å². The molecule has 0 fully saturated rings.